The second kappa shape index (κ2) is 7.64. The van der Waals surface area contributed by atoms with Crippen LogP contribution in [0.4, 0.5) is 0 Å². The van der Waals surface area contributed by atoms with Crippen LogP contribution in [0.1, 0.15) is 11.6 Å². The molecule has 0 bridgehead atoms. The standard InChI is InChI=1S/C12H18BrClN2S/c1-16(5-6-17-2)12(8-15)10-7-9(14)3-4-11(10)13/h3-4,7,12H,5-6,8,15H2,1-2H3. The van der Waals surface area contributed by atoms with E-state index >= 15 is 0 Å². The van der Waals surface area contributed by atoms with Crippen molar-refractivity contribution >= 4 is 39.3 Å². The van der Waals surface area contributed by atoms with Crippen molar-refractivity contribution in [2.45, 2.75) is 6.04 Å². The zero-order valence-electron chi connectivity index (χ0n) is 10.1. The summed E-state index contributed by atoms with van der Waals surface area (Å²) in [6, 6.07) is 6.04. The molecule has 2 N–H and O–H groups in total. The Morgan fingerprint density at radius 3 is 2.82 bits per heavy atom. The van der Waals surface area contributed by atoms with Crippen molar-refractivity contribution in [3.8, 4) is 0 Å². The number of hydrogen-bond acceptors (Lipinski definition) is 3. The second-order valence-electron chi connectivity index (χ2n) is 3.89. The van der Waals surface area contributed by atoms with Crippen molar-refractivity contribution in [3.05, 3.63) is 33.3 Å². The van der Waals surface area contributed by atoms with Crippen LogP contribution in [-0.4, -0.2) is 37.0 Å². The maximum absolute atomic E-state index is 6.04. The summed E-state index contributed by atoms with van der Waals surface area (Å²) in [5.74, 6) is 1.10. The van der Waals surface area contributed by atoms with Crippen LogP contribution in [0, 0.1) is 0 Å². The van der Waals surface area contributed by atoms with E-state index in [9.17, 15) is 0 Å². The highest BCUT2D eigenvalue weighted by Gasteiger charge is 2.17. The van der Waals surface area contributed by atoms with Crippen LogP contribution in [0.25, 0.3) is 0 Å². The molecule has 0 aliphatic heterocycles. The smallest absolute Gasteiger partial charge is 0.0479 e. The van der Waals surface area contributed by atoms with Gasteiger partial charge in [0.25, 0.3) is 0 Å². The third-order valence-corrected chi connectivity index (χ3v) is 4.27. The summed E-state index contributed by atoms with van der Waals surface area (Å²) in [4.78, 5) is 2.27. The normalized spacial score (nSPS) is 13.1. The average Bonchev–Trinajstić information content (AvgIpc) is 2.32. The quantitative estimate of drug-likeness (QED) is 0.862. The van der Waals surface area contributed by atoms with Gasteiger partial charge in [-0.05, 0) is 37.1 Å². The molecule has 0 heterocycles. The number of nitrogens with zero attached hydrogens (tertiary/aromatic N) is 1. The van der Waals surface area contributed by atoms with E-state index in [0.29, 0.717) is 6.54 Å². The summed E-state index contributed by atoms with van der Waals surface area (Å²) in [5, 5.41) is 0.750. The fourth-order valence-corrected chi connectivity index (χ4v) is 2.87. The molecule has 96 valence electrons. The summed E-state index contributed by atoms with van der Waals surface area (Å²) in [6.45, 7) is 1.60. The molecular formula is C12H18BrClN2S. The first-order valence-corrected chi connectivity index (χ1v) is 8.00. The molecule has 1 aromatic rings. The fraction of sp³-hybridized carbons (Fsp3) is 0.500. The lowest BCUT2D eigenvalue weighted by atomic mass is 10.1. The van der Waals surface area contributed by atoms with Gasteiger partial charge in [-0.1, -0.05) is 27.5 Å². The molecule has 1 aromatic carbocycles. The lowest BCUT2D eigenvalue weighted by Crippen LogP contribution is -2.32. The van der Waals surface area contributed by atoms with E-state index in [-0.39, 0.29) is 6.04 Å². The van der Waals surface area contributed by atoms with E-state index in [0.717, 1.165) is 27.4 Å². The van der Waals surface area contributed by atoms with E-state index in [2.05, 4.69) is 34.1 Å². The van der Waals surface area contributed by atoms with Gasteiger partial charge in [-0.15, -0.1) is 0 Å². The van der Waals surface area contributed by atoms with Crippen molar-refractivity contribution < 1.29 is 0 Å². The summed E-state index contributed by atoms with van der Waals surface area (Å²) in [7, 11) is 2.10. The van der Waals surface area contributed by atoms with E-state index in [1.807, 2.05) is 30.0 Å². The molecule has 1 atom stereocenters. The first-order valence-electron chi connectivity index (χ1n) is 5.44. The Balaban J connectivity index is 2.88. The third kappa shape index (κ3) is 4.45. The summed E-state index contributed by atoms with van der Waals surface area (Å²) < 4.78 is 1.06. The largest absolute Gasteiger partial charge is 0.329 e. The maximum Gasteiger partial charge on any atom is 0.0479 e. The molecule has 0 aliphatic rings. The molecule has 1 rings (SSSR count). The Kier molecular flexibility index (Phi) is 6.89. The van der Waals surface area contributed by atoms with Crippen LogP contribution in [0.2, 0.25) is 5.02 Å². The molecule has 0 saturated carbocycles. The van der Waals surface area contributed by atoms with Crippen LogP contribution < -0.4 is 5.73 Å². The van der Waals surface area contributed by atoms with Crippen molar-refractivity contribution in [1.29, 1.82) is 0 Å². The van der Waals surface area contributed by atoms with E-state index in [4.69, 9.17) is 17.3 Å². The Bertz CT molecular complexity index is 362. The third-order valence-electron chi connectivity index (χ3n) is 2.72. The summed E-state index contributed by atoms with van der Waals surface area (Å²) >= 11 is 11.4. The highest BCUT2D eigenvalue weighted by Crippen LogP contribution is 2.29. The van der Waals surface area contributed by atoms with Crippen molar-refractivity contribution in [1.82, 2.24) is 4.90 Å². The predicted molar refractivity (Wildman–Crippen MR) is 82.0 cm³/mol. The number of halogens is 2. The highest BCUT2D eigenvalue weighted by molar-refractivity contribution is 9.10. The van der Waals surface area contributed by atoms with Crippen molar-refractivity contribution in [2.75, 3.05) is 32.1 Å². The molecule has 0 radical (unpaired) electrons. The van der Waals surface area contributed by atoms with Crippen molar-refractivity contribution in [2.24, 2.45) is 5.73 Å². The lowest BCUT2D eigenvalue weighted by molar-refractivity contribution is 0.265. The second-order valence-corrected chi connectivity index (χ2v) is 6.17. The van der Waals surface area contributed by atoms with E-state index < -0.39 is 0 Å². The summed E-state index contributed by atoms with van der Waals surface area (Å²) in [6.07, 6.45) is 2.11. The number of rotatable bonds is 6. The van der Waals surface area contributed by atoms with Gasteiger partial charge in [-0.25, -0.2) is 0 Å². The van der Waals surface area contributed by atoms with Gasteiger partial charge in [0.2, 0.25) is 0 Å². The number of hydrogen-bond donors (Lipinski definition) is 1. The van der Waals surface area contributed by atoms with Crippen LogP contribution in [0.15, 0.2) is 22.7 Å². The topological polar surface area (TPSA) is 29.3 Å². The molecule has 0 spiro atoms. The highest BCUT2D eigenvalue weighted by atomic mass is 79.9. The molecule has 1 unspecified atom stereocenters. The Morgan fingerprint density at radius 1 is 1.53 bits per heavy atom. The SMILES string of the molecule is CSCCN(C)C(CN)c1cc(Cl)ccc1Br. The molecular weight excluding hydrogens is 320 g/mol. The van der Waals surface area contributed by atoms with Gasteiger partial charge < -0.3 is 5.73 Å². The molecule has 0 saturated heterocycles. The predicted octanol–water partition coefficient (Wildman–Crippen LogP) is 3.40. The lowest BCUT2D eigenvalue weighted by Gasteiger charge is -2.28. The average molecular weight is 338 g/mol. The first-order chi connectivity index (χ1) is 8.10. The molecule has 5 heteroatoms. The molecule has 17 heavy (non-hydrogen) atoms. The molecule has 0 fully saturated rings. The van der Waals surface area contributed by atoms with E-state index in [1.54, 1.807) is 0 Å². The zero-order chi connectivity index (χ0) is 12.8. The van der Waals surface area contributed by atoms with Crippen LogP contribution in [-0.2, 0) is 0 Å². The van der Waals surface area contributed by atoms with Crippen LogP contribution in [0.5, 0.6) is 0 Å². The Morgan fingerprint density at radius 2 is 2.24 bits per heavy atom. The Labute approximate surface area is 121 Å². The maximum atomic E-state index is 6.04. The molecule has 2 nitrogen and oxygen atoms in total. The minimum atomic E-state index is 0.204. The van der Waals surface area contributed by atoms with Crippen molar-refractivity contribution in [3.63, 3.8) is 0 Å². The van der Waals surface area contributed by atoms with Gasteiger partial charge in [0.1, 0.15) is 0 Å². The number of likely N-dealkylation sites (N-methyl/N-ethyl adjacent to an activating group) is 1. The van der Waals surface area contributed by atoms with Gasteiger partial charge in [0, 0.05) is 34.4 Å². The number of nitrogens with two attached hydrogens (primary N) is 1. The first kappa shape index (κ1) is 15.3. The van der Waals surface area contributed by atoms with Gasteiger partial charge in [-0.3, -0.25) is 4.90 Å². The molecule has 0 aliphatic carbocycles. The van der Waals surface area contributed by atoms with Gasteiger partial charge in [0.15, 0.2) is 0 Å². The Hall–Kier alpha value is 0.260. The summed E-state index contributed by atoms with van der Waals surface area (Å²) in [5.41, 5.74) is 7.04. The zero-order valence-corrected chi connectivity index (χ0v) is 13.3. The fourth-order valence-electron chi connectivity index (χ4n) is 1.71. The van der Waals surface area contributed by atoms with Crippen LogP contribution >= 0.6 is 39.3 Å². The van der Waals surface area contributed by atoms with Gasteiger partial charge >= 0.3 is 0 Å². The van der Waals surface area contributed by atoms with E-state index in [1.165, 1.54) is 0 Å². The van der Waals surface area contributed by atoms with Gasteiger partial charge in [0.05, 0.1) is 0 Å². The number of thioether (sulfide) groups is 1. The van der Waals surface area contributed by atoms with Crippen LogP contribution in [0.3, 0.4) is 0 Å². The monoisotopic (exact) mass is 336 g/mol. The minimum absolute atomic E-state index is 0.204. The molecule has 0 amide bonds. The van der Waals surface area contributed by atoms with Gasteiger partial charge in [-0.2, -0.15) is 11.8 Å². The molecule has 0 aromatic heterocycles. The number of benzene rings is 1. The minimum Gasteiger partial charge on any atom is -0.329 e.